The number of carbonyl (C=O) groups excluding carboxylic acids is 1. The molecular weight excluding hydrogens is 302 g/mol. The van der Waals surface area contributed by atoms with Crippen LogP contribution >= 0.6 is 0 Å². The maximum absolute atomic E-state index is 12.2. The fraction of sp³-hybridized carbons (Fsp3) is 0.526. The van der Waals surface area contributed by atoms with E-state index in [4.69, 9.17) is 5.11 Å². The van der Waals surface area contributed by atoms with E-state index in [1.165, 1.54) is 27.7 Å². The monoisotopic (exact) mass is 329 g/mol. The molecule has 5 nitrogen and oxygen atoms in total. The van der Waals surface area contributed by atoms with E-state index >= 15 is 0 Å². The van der Waals surface area contributed by atoms with E-state index in [-0.39, 0.29) is 24.7 Å². The van der Waals surface area contributed by atoms with Gasteiger partial charge in [0.25, 0.3) is 0 Å². The smallest absolute Gasteiger partial charge is 0.315 e. The van der Waals surface area contributed by atoms with Gasteiger partial charge in [-0.1, -0.05) is 18.6 Å². The second-order valence-electron chi connectivity index (χ2n) is 6.81. The lowest BCUT2D eigenvalue weighted by molar-refractivity contribution is 0.223. The minimum Gasteiger partial charge on any atom is -0.396 e. The van der Waals surface area contributed by atoms with Gasteiger partial charge in [0.2, 0.25) is 0 Å². The summed E-state index contributed by atoms with van der Waals surface area (Å²) in [7, 11) is 0. The van der Waals surface area contributed by atoms with Gasteiger partial charge in [-0.15, -0.1) is 0 Å². The summed E-state index contributed by atoms with van der Waals surface area (Å²) >= 11 is 0. The third-order valence-electron chi connectivity index (χ3n) is 4.98. The summed E-state index contributed by atoms with van der Waals surface area (Å²) in [5.74, 6) is 0. The molecule has 130 valence electrons. The van der Waals surface area contributed by atoms with Gasteiger partial charge in [0.05, 0.1) is 0 Å². The van der Waals surface area contributed by atoms with Crippen LogP contribution in [0.1, 0.15) is 43.0 Å². The molecule has 3 rings (SSSR count). The lowest BCUT2D eigenvalue weighted by Crippen LogP contribution is -2.47. The lowest BCUT2D eigenvalue weighted by Gasteiger charge is -2.25. The van der Waals surface area contributed by atoms with Crippen LogP contribution in [0.4, 0.5) is 4.79 Å². The Hall–Kier alpha value is -2.01. The van der Waals surface area contributed by atoms with Crippen molar-refractivity contribution in [3.05, 3.63) is 35.0 Å². The van der Waals surface area contributed by atoms with Crippen LogP contribution in [-0.4, -0.2) is 34.8 Å². The Bertz CT molecular complexity index is 723. The normalized spacial score (nSPS) is 18.2. The predicted octanol–water partition coefficient (Wildman–Crippen LogP) is 2.79. The number of nitrogens with one attached hydrogen (secondary N) is 3. The van der Waals surface area contributed by atoms with E-state index < -0.39 is 0 Å². The van der Waals surface area contributed by atoms with Crippen molar-refractivity contribution >= 4 is 16.9 Å². The molecule has 0 radical (unpaired) electrons. The molecule has 0 bridgehead atoms. The van der Waals surface area contributed by atoms with Crippen molar-refractivity contribution in [2.45, 2.75) is 58.0 Å². The molecule has 1 heterocycles. The molecule has 2 aromatic rings. The van der Waals surface area contributed by atoms with E-state index in [9.17, 15) is 4.79 Å². The predicted molar refractivity (Wildman–Crippen MR) is 96.3 cm³/mol. The van der Waals surface area contributed by atoms with Gasteiger partial charge in [-0.05, 0) is 56.7 Å². The molecule has 5 heteroatoms. The van der Waals surface area contributed by atoms with Gasteiger partial charge in [0.1, 0.15) is 0 Å². The molecule has 0 aliphatic heterocycles. The van der Waals surface area contributed by atoms with E-state index in [0.717, 1.165) is 25.7 Å². The van der Waals surface area contributed by atoms with Crippen LogP contribution in [0, 0.1) is 6.92 Å². The van der Waals surface area contributed by atoms with Crippen molar-refractivity contribution < 1.29 is 9.90 Å². The van der Waals surface area contributed by atoms with Crippen molar-refractivity contribution in [1.29, 1.82) is 0 Å². The average Bonchev–Trinajstić information content (AvgIpc) is 2.91. The highest BCUT2D eigenvalue weighted by atomic mass is 16.3. The van der Waals surface area contributed by atoms with Gasteiger partial charge in [-0.3, -0.25) is 0 Å². The fourth-order valence-electron chi connectivity index (χ4n) is 3.60. The Kier molecular flexibility index (Phi) is 5.09. The van der Waals surface area contributed by atoms with Crippen molar-refractivity contribution in [3.63, 3.8) is 0 Å². The fourth-order valence-corrected chi connectivity index (χ4v) is 3.60. The summed E-state index contributed by atoms with van der Waals surface area (Å²) in [4.78, 5) is 15.7. The summed E-state index contributed by atoms with van der Waals surface area (Å²) in [6.07, 6.45) is 4.19. The van der Waals surface area contributed by atoms with Gasteiger partial charge < -0.3 is 20.7 Å². The number of aliphatic hydroxyl groups is 1. The Morgan fingerprint density at radius 1 is 1.46 bits per heavy atom. The zero-order valence-electron chi connectivity index (χ0n) is 14.5. The molecule has 1 aliphatic carbocycles. The number of H-pyrrole nitrogens is 1. The minimum absolute atomic E-state index is 0.0323. The Morgan fingerprint density at radius 2 is 2.29 bits per heavy atom. The van der Waals surface area contributed by atoms with Crippen LogP contribution < -0.4 is 10.6 Å². The highest BCUT2D eigenvalue weighted by molar-refractivity contribution is 5.86. The van der Waals surface area contributed by atoms with Gasteiger partial charge >= 0.3 is 6.03 Å². The highest BCUT2D eigenvalue weighted by Crippen LogP contribution is 2.29. The zero-order valence-corrected chi connectivity index (χ0v) is 14.5. The maximum atomic E-state index is 12.2. The highest BCUT2D eigenvalue weighted by Gasteiger charge is 2.24. The van der Waals surface area contributed by atoms with Crippen LogP contribution in [0.3, 0.4) is 0 Å². The molecule has 0 saturated heterocycles. The van der Waals surface area contributed by atoms with E-state index in [0.29, 0.717) is 6.42 Å². The lowest BCUT2D eigenvalue weighted by atomic mass is 9.91. The van der Waals surface area contributed by atoms with Gasteiger partial charge in [0, 0.05) is 35.3 Å². The minimum atomic E-state index is -0.125. The van der Waals surface area contributed by atoms with Crippen LogP contribution in [0.5, 0.6) is 0 Å². The number of amides is 2. The van der Waals surface area contributed by atoms with E-state index in [1.54, 1.807) is 0 Å². The number of aromatic amines is 1. The van der Waals surface area contributed by atoms with Crippen LogP contribution in [0.2, 0.25) is 0 Å². The molecular formula is C19H27N3O2. The van der Waals surface area contributed by atoms with Crippen molar-refractivity contribution in [1.82, 2.24) is 15.6 Å². The van der Waals surface area contributed by atoms with Gasteiger partial charge in [0.15, 0.2) is 0 Å². The molecule has 0 fully saturated rings. The Labute approximate surface area is 142 Å². The van der Waals surface area contributed by atoms with Gasteiger partial charge in [-0.2, -0.15) is 0 Å². The molecule has 2 amide bonds. The number of rotatable bonds is 5. The number of aryl methyl sites for hydroxylation is 2. The summed E-state index contributed by atoms with van der Waals surface area (Å²) in [6, 6.07) is 6.55. The first-order valence-corrected chi connectivity index (χ1v) is 8.88. The Balaban J connectivity index is 1.67. The van der Waals surface area contributed by atoms with Crippen molar-refractivity contribution in [3.8, 4) is 0 Å². The topological polar surface area (TPSA) is 77.2 Å². The first kappa shape index (κ1) is 16.8. The number of aliphatic hydroxyl groups excluding tert-OH is 1. The van der Waals surface area contributed by atoms with Crippen molar-refractivity contribution in [2.75, 3.05) is 6.61 Å². The van der Waals surface area contributed by atoms with Gasteiger partial charge in [-0.25, -0.2) is 4.79 Å². The summed E-state index contributed by atoms with van der Waals surface area (Å²) in [5.41, 5.74) is 5.09. The molecule has 2 unspecified atom stereocenters. The van der Waals surface area contributed by atoms with Crippen LogP contribution in [0.25, 0.3) is 10.9 Å². The summed E-state index contributed by atoms with van der Waals surface area (Å²) in [6.45, 7) is 4.22. The first-order chi connectivity index (χ1) is 11.6. The Morgan fingerprint density at radius 3 is 3.04 bits per heavy atom. The molecule has 1 aromatic carbocycles. The molecule has 1 aliphatic rings. The third kappa shape index (κ3) is 3.56. The first-order valence-electron chi connectivity index (χ1n) is 8.88. The number of hydrogen-bond donors (Lipinski definition) is 4. The third-order valence-corrected chi connectivity index (χ3v) is 4.98. The number of benzene rings is 1. The average molecular weight is 329 g/mol. The van der Waals surface area contributed by atoms with Crippen molar-refractivity contribution in [2.24, 2.45) is 0 Å². The SMILES string of the molecule is CCC(CCO)NC(=O)NC1CCc2[nH]c3ccc(C)cc3c2C1. The standard InChI is InChI=1S/C19H27N3O2/c1-3-13(8-9-23)20-19(24)21-14-5-7-18-16(11-14)15-10-12(2)4-6-17(15)22-18/h4,6,10,13-14,22-23H,3,5,7-9,11H2,1-2H3,(H2,20,21,24). The quantitative estimate of drug-likeness (QED) is 0.681. The number of carbonyl (C=O) groups is 1. The van der Waals surface area contributed by atoms with E-state index in [2.05, 4.69) is 40.7 Å². The molecule has 2 atom stereocenters. The number of urea groups is 1. The molecule has 1 aromatic heterocycles. The molecule has 0 spiro atoms. The molecule has 0 saturated carbocycles. The molecule has 24 heavy (non-hydrogen) atoms. The molecule has 4 N–H and O–H groups in total. The van der Waals surface area contributed by atoms with Crippen LogP contribution in [0.15, 0.2) is 18.2 Å². The van der Waals surface area contributed by atoms with E-state index in [1.807, 2.05) is 6.92 Å². The van der Waals surface area contributed by atoms with Crippen LogP contribution in [-0.2, 0) is 12.8 Å². The maximum Gasteiger partial charge on any atom is 0.315 e. The largest absolute Gasteiger partial charge is 0.396 e. The summed E-state index contributed by atoms with van der Waals surface area (Å²) < 4.78 is 0. The second-order valence-corrected chi connectivity index (χ2v) is 6.81. The zero-order chi connectivity index (χ0) is 17.1. The summed E-state index contributed by atoms with van der Waals surface area (Å²) in [5, 5.41) is 16.4. The second kappa shape index (κ2) is 7.26. The number of hydrogen-bond acceptors (Lipinski definition) is 2. The number of aromatic nitrogens is 1. The number of fused-ring (bicyclic) bond motifs is 3.